The van der Waals surface area contributed by atoms with E-state index in [2.05, 4.69) is 15.9 Å². The van der Waals surface area contributed by atoms with Crippen molar-refractivity contribution in [1.82, 2.24) is 4.90 Å². The van der Waals surface area contributed by atoms with Crippen molar-refractivity contribution in [3.63, 3.8) is 0 Å². The van der Waals surface area contributed by atoms with Gasteiger partial charge in [-0.25, -0.2) is 4.39 Å². The maximum Gasteiger partial charge on any atom is 0.305 e. The standard InChI is InChI=1S/C13H15BrFNO3/c1-3-16(8(2)4-12(17)18)13(19)9-5-10(14)7-11(15)6-9/h5-8H,3-4H2,1-2H3,(H,17,18). The lowest BCUT2D eigenvalue weighted by Crippen LogP contribution is -2.39. The molecule has 0 bridgehead atoms. The highest BCUT2D eigenvalue weighted by Gasteiger charge is 2.22. The van der Waals surface area contributed by atoms with Crippen LogP contribution in [0.25, 0.3) is 0 Å². The lowest BCUT2D eigenvalue weighted by Gasteiger charge is -2.27. The van der Waals surface area contributed by atoms with Gasteiger partial charge in [0.05, 0.1) is 6.42 Å². The number of aliphatic carboxylic acids is 1. The quantitative estimate of drug-likeness (QED) is 0.902. The van der Waals surface area contributed by atoms with Crippen molar-refractivity contribution < 1.29 is 19.1 Å². The summed E-state index contributed by atoms with van der Waals surface area (Å²) in [5, 5.41) is 8.76. The van der Waals surface area contributed by atoms with E-state index in [1.807, 2.05) is 0 Å². The number of hydrogen-bond donors (Lipinski definition) is 1. The number of benzene rings is 1. The number of halogens is 2. The van der Waals surface area contributed by atoms with Crippen LogP contribution in [0.4, 0.5) is 4.39 Å². The second-order valence-corrected chi connectivity index (χ2v) is 5.11. The molecule has 6 heteroatoms. The first kappa shape index (κ1) is 15.6. The van der Waals surface area contributed by atoms with Gasteiger partial charge in [-0.3, -0.25) is 9.59 Å². The van der Waals surface area contributed by atoms with E-state index >= 15 is 0 Å². The molecule has 1 atom stereocenters. The minimum atomic E-state index is -0.973. The highest BCUT2D eigenvalue weighted by molar-refractivity contribution is 9.10. The number of carboxylic acid groups (broad SMARTS) is 1. The van der Waals surface area contributed by atoms with Crippen molar-refractivity contribution >= 4 is 27.8 Å². The minimum Gasteiger partial charge on any atom is -0.481 e. The van der Waals surface area contributed by atoms with E-state index in [4.69, 9.17) is 5.11 Å². The molecule has 0 saturated carbocycles. The largest absolute Gasteiger partial charge is 0.481 e. The monoisotopic (exact) mass is 331 g/mol. The summed E-state index contributed by atoms with van der Waals surface area (Å²) in [6.45, 7) is 3.77. The van der Waals surface area contributed by atoms with Crippen LogP contribution in [0.3, 0.4) is 0 Å². The predicted octanol–water partition coefficient (Wildman–Crippen LogP) is 2.91. The van der Waals surface area contributed by atoms with Crippen molar-refractivity contribution in [2.75, 3.05) is 6.54 Å². The van der Waals surface area contributed by atoms with Crippen LogP contribution in [-0.4, -0.2) is 34.5 Å². The fourth-order valence-corrected chi connectivity index (χ4v) is 2.33. The molecule has 19 heavy (non-hydrogen) atoms. The first-order valence-electron chi connectivity index (χ1n) is 5.84. The maximum atomic E-state index is 13.3. The predicted molar refractivity (Wildman–Crippen MR) is 72.5 cm³/mol. The molecule has 0 aromatic heterocycles. The van der Waals surface area contributed by atoms with Crippen molar-refractivity contribution in [1.29, 1.82) is 0 Å². The molecule has 4 nitrogen and oxygen atoms in total. The molecule has 1 rings (SSSR count). The van der Waals surface area contributed by atoms with Crippen LogP contribution in [0.15, 0.2) is 22.7 Å². The van der Waals surface area contributed by atoms with Crippen LogP contribution < -0.4 is 0 Å². The molecule has 1 N–H and O–H groups in total. The van der Waals surface area contributed by atoms with E-state index in [1.54, 1.807) is 13.8 Å². The fraction of sp³-hybridized carbons (Fsp3) is 0.385. The molecule has 0 fully saturated rings. The SMILES string of the molecule is CCN(C(=O)c1cc(F)cc(Br)c1)C(C)CC(=O)O. The molecular weight excluding hydrogens is 317 g/mol. The van der Waals surface area contributed by atoms with Gasteiger partial charge < -0.3 is 10.0 Å². The van der Waals surface area contributed by atoms with Crippen LogP contribution >= 0.6 is 15.9 Å². The molecule has 0 saturated heterocycles. The zero-order valence-electron chi connectivity index (χ0n) is 10.7. The lowest BCUT2D eigenvalue weighted by atomic mass is 10.1. The number of carboxylic acids is 1. The third kappa shape index (κ3) is 4.31. The summed E-state index contributed by atoms with van der Waals surface area (Å²) in [6.07, 6.45) is -0.143. The average Bonchev–Trinajstić information content (AvgIpc) is 2.27. The Labute approximate surface area is 119 Å². The van der Waals surface area contributed by atoms with E-state index in [9.17, 15) is 14.0 Å². The van der Waals surface area contributed by atoms with Gasteiger partial charge in [-0.2, -0.15) is 0 Å². The van der Waals surface area contributed by atoms with E-state index in [-0.39, 0.29) is 17.9 Å². The zero-order chi connectivity index (χ0) is 14.6. The van der Waals surface area contributed by atoms with Crippen molar-refractivity contribution in [3.05, 3.63) is 34.1 Å². The van der Waals surface area contributed by atoms with Gasteiger partial charge in [0.25, 0.3) is 5.91 Å². The number of amides is 1. The third-order valence-electron chi connectivity index (χ3n) is 2.71. The van der Waals surface area contributed by atoms with Gasteiger partial charge in [-0.15, -0.1) is 0 Å². The minimum absolute atomic E-state index is 0.143. The second kappa shape index (κ2) is 6.65. The molecule has 104 valence electrons. The van der Waals surface area contributed by atoms with Crippen LogP contribution in [0.5, 0.6) is 0 Å². The van der Waals surface area contributed by atoms with Crippen molar-refractivity contribution in [2.45, 2.75) is 26.3 Å². The molecule has 1 unspecified atom stereocenters. The fourth-order valence-electron chi connectivity index (χ4n) is 1.86. The molecule has 1 aromatic carbocycles. The summed E-state index contributed by atoms with van der Waals surface area (Å²) in [5.74, 6) is -1.87. The summed E-state index contributed by atoms with van der Waals surface area (Å²) in [7, 11) is 0. The Kier molecular flexibility index (Phi) is 5.47. The van der Waals surface area contributed by atoms with Gasteiger partial charge in [0.1, 0.15) is 5.82 Å². The van der Waals surface area contributed by atoms with Gasteiger partial charge in [0.15, 0.2) is 0 Å². The van der Waals surface area contributed by atoms with Crippen LogP contribution in [-0.2, 0) is 4.79 Å². The number of carbonyl (C=O) groups is 2. The lowest BCUT2D eigenvalue weighted by molar-refractivity contribution is -0.138. The molecule has 0 spiro atoms. The Bertz CT molecular complexity index is 473. The number of hydrogen-bond acceptors (Lipinski definition) is 2. The molecule has 1 amide bonds. The molecule has 0 radical (unpaired) electrons. The second-order valence-electron chi connectivity index (χ2n) is 4.20. The van der Waals surface area contributed by atoms with E-state index in [0.29, 0.717) is 11.0 Å². The number of carbonyl (C=O) groups excluding carboxylic acids is 1. The summed E-state index contributed by atoms with van der Waals surface area (Å²) in [4.78, 5) is 24.4. The van der Waals surface area contributed by atoms with Gasteiger partial charge >= 0.3 is 5.97 Å². The van der Waals surface area contributed by atoms with Gasteiger partial charge in [0, 0.05) is 22.6 Å². The first-order valence-corrected chi connectivity index (χ1v) is 6.63. The summed E-state index contributed by atoms with van der Waals surface area (Å²) < 4.78 is 13.7. The molecule has 0 aliphatic heterocycles. The third-order valence-corrected chi connectivity index (χ3v) is 3.17. The average molecular weight is 332 g/mol. The Morgan fingerprint density at radius 1 is 1.42 bits per heavy atom. The van der Waals surface area contributed by atoms with Crippen LogP contribution in [0, 0.1) is 5.82 Å². The van der Waals surface area contributed by atoms with E-state index in [1.165, 1.54) is 17.0 Å². The van der Waals surface area contributed by atoms with E-state index < -0.39 is 17.8 Å². The molecular formula is C13H15BrFNO3. The highest BCUT2D eigenvalue weighted by atomic mass is 79.9. The zero-order valence-corrected chi connectivity index (χ0v) is 12.3. The van der Waals surface area contributed by atoms with Gasteiger partial charge in [-0.1, -0.05) is 15.9 Å². The van der Waals surface area contributed by atoms with Crippen molar-refractivity contribution in [2.24, 2.45) is 0 Å². The van der Waals surface area contributed by atoms with Gasteiger partial charge in [0.2, 0.25) is 0 Å². The molecule has 0 aliphatic carbocycles. The summed E-state index contributed by atoms with van der Waals surface area (Å²) >= 11 is 3.12. The van der Waals surface area contributed by atoms with E-state index in [0.717, 1.165) is 6.07 Å². The normalized spacial score (nSPS) is 12.0. The smallest absolute Gasteiger partial charge is 0.305 e. The Hall–Kier alpha value is -1.43. The molecule has 0 heterocycles. The first-order chi connectivity index (χ1) is 8.85. The number of nitrogens with zero attached hydrogens (tertiary/aromatic N) is 1. The Morgan fingerprint density at radius 2 is 2.05 bits per heavy atom. The summed E-state index contributed by atoms with van der Waals surface area (Å²) in [5.41, 5.74) is 0.200. The Morgan fingerprint density at radius 3 is 2.53 bits per heavy atom. The topological polar surface area (TPSA) is 57.6 Å². The maximum absolute atomic E-state index is 13.3. The molecule has 1 aromatic rings. The Balaban J connectivity index is 2.97. The van der Waals surface area contributed by atoms with Crippen LogP contribution in [0.1, 0.15) is 30.6 Å². The number of rotatable bonds is 5. The van der Waals surface area contributed by atoms with Crippen molar-refractivity contribution in [3.8, 4) is 0 Å². The highest BCUT2D eigenvalue weighted by Crippen LogP contribution is 2.18. The summed E-state index contributed by atoms with van der Waals surface area (Å²) in [6, 6.07) is 3.47. The molecule has 0 aliphatic rings. The van der Waals surface area contributed by atoms with Gasteiger partial charge in [-0.05, 0) is 32.0 Å². The van der Waals surface area contributed by atoms with Crippen LogP contribution in [0.2, 0.25) is 0 Å².